The van der Waals surface area contributed by atoms with Gasteiger partial charge in [-0.05, 0) is 29.9 Å². The fourth-order valence-corrected chi connectivity index (χ4v) is 2.44. The number of amides is 2. The van der Waals surface area contributed by atoms with Crippen LogP contribution in [0.1, 0.15) is 43.1 Å². The largest absolute Gasteiger partial charge is 0.278 e. The van der Waals surface area contributed by atoms with Crippen LogP contribution in [0.15, 0.2) is 18.2 Å². The van der Waals surface area contributed by atoms with Gasteiger partial charge < -0.3 is 0 Å². The Labute approximate surface area is 118 Å². The summed E-state index contributed by atoms with van der Waals surface area (Å²) in [6.45, 7) is 8.12. The van der Waals surface area contributed by atoms with Crippen molar-refractivity contribution in [3.8, 4) is 0 Å². The van der Waals surface area contributed by atoms with E-state index in [4.69, 9.17) is 0 Å². The van der Waals surface area contributed by atoms with Crippen LogP contribution in [0.3, 0.4) is 0 Å². The number of carbonyl (C=O) groups excluding carboxylic acids is 2. The van der Waals surface area contributed by atoms with E-state index in [1.165, 1.54) is 11.0 Å². The van der Waals surface area contributed by atoms with Gasteiger partial charge >= 0.3 is 0 Å². The summed E-state index contributed by atoms with van der Waals surface area (Å²) in [5.74, 6) is -1.16. The van der Waals surface area contributed by atoms with Crippen LogP contribution in [0, 0.1) is 24.1 Å². The number of likely N-dealkylation sites (tertiary alicyclic amines) is 1. The predicted molar refractivity (Wildman–Crippen MR) is 74.7 cm³/mol. The van der Waals surface area contributed by atoms with E-state index >= 15 is 0 Å². The van der Waals surface area contributed by atoms with Crippen molar-refractivity contribution >= 4 is 11.8 Å². The molecule has 1 atom stereocenters. The highest BCUT2D eigenvalue weighted by Gasteiger charge is 2.40. The summed E-state index contributed by atoms with van der Waals surface area (Å²) in [6.07, 6.45) is 0.350. The first-order chi connectivity index (χ1) is 9.21. The summed E-state index contributed by atoms with van der Waals surface area (Å²) in [5.41, 5.74) is 0.346. The summed E-state index contributed by atoms with van der Waals surface area (Å²) >= 11 is 0. The molecule has 0 aliphatic carbocycles. The summed E-state index contributed by atoms with van der Waals surface area (Å²) in [6, 6.07) is 4.67. The number of hydrogen-bond acceptors (Lipinski definition) is 2. The van der Waals surface area contributed by atoms with Crippen LogP contribution in [0.2, 0.25) is 0 Å². The maximum Gasteiger partial charge on any atom is 0.263 e. The van der Waals surface area contributed by atoms with E-state index in [9.17, 15) is 14.0 Å². The molecular formula is C16H20FNO2. The Bertz CT molecular complexity index is 560. The normalized spacial score (nSPS) is 19.6. The molecular weight excluding hydrogens is 257 g/mol. The molecule has 0 saturated carbocycles. The molecule has 108 valence electrons. The van der Waals surface area contributed by atoms with Crippen molar-refractivity contribution in [1.82, 2.24) is 4.90 Å². The van der Waals surface area contributed by atoms with Gasteiger partial charge in [0.2, 0.25) is 5.91 Å². The number of benzene rings is 1. The number of carbonyl (C=O) groups is 2. The Balaban J connectivity index is 2.26. The molecule has 0 spiro atoms. The highest BCUT2D eigenvalue weighted by atomic mass is 19.1. The summed E-state index contributed by atoms with van der Waals surface area (Å²) in [7, 11) is 0. The molecule has 4 heteroatoms. The topological polar surface area (TPSA) is 37.4 Å². The molecule has 2 rings (SSSR count). The van der Waals surface area contributed by atoms with Crippen molar-refractivity contribution in [2.45, 2.75) is 34.1 Å². The van der Waals surface area contributed by atoms with Crippen molar-refractivity contribution in [1.29, 1.82) is 0 Å². The zero-order chi connectivity index (χ0) is 15.1. The smallest absolute Gasteiger partial charge is 0.263 e. The minimum atomic E-state index is -0.537. The number of halogens is 1. The third-order valence-electron chi connectivity index (χ3n) is 4.02. The molecule has 0 aromatic heterocycles. The highest BCUT2D eigenvalue weighted by molar-refractivity contribution is 6.06. The van der Waals surface area contributed by atoms with Crippen molar-refractivity contribution in [2.24, 2.45) is 11.3 Å². The fourth-order valence-electron chi connectivity index (χ4n) is 2.44. The molecule has 0 radical (unpaired) electrons. The lowest BCUT2D eigenvalue weighted by atomic mass is 9.80. The number of hydrogen-bond donors (Lipinski definition) is 0. The third-order valence-corrected chi connectivity index (χ3v) is 4.02. The maximum absolute atomic E-state index is 14.0. The maximum atomic E-state index is 14.0. The number of rotatable bonds is 1. The van der Waals surface area contributed by atoms with Gasteiger partial charge in [-0.25, -0.2) is 4.39 Å². The molecule has 0 N–H and O–H groups in total. The lowest BCUT2D eigenvalue weighted by molar-refractivity contribution is -0.125. The van der Waals surface area contributed by atoms with Gasteiger partial charge in [0.05, 0.1) is 5.56 Å². The van der Waals surface area contributed by atoms with Crippen LogP contribution in [-0.4, -0.2) is 23.3 Å². The molecule has 1 fully saturated rings. The molecule has 1 heterocycles. The highest BCUT2D eigenvalue weighted by Crippen LogP contribution is 2.35. The molecule has 2 amide bonds. The third kappa shape index (κ3) is 2.60. The number of aryl methyl sites for hydroxylation is 1. The molecule has 1 unspecified atom stereocenters. The first-order valence-electron chi connectivity index (χ1n) is 6.81. The fraction of sp³-hybridized carbons (Fsp3) is 0.500. The van der Waals surface area contributed by atoms with Crippen LogP contribution in [-0.2, 0) is 4.79 Å². The second-order valence-corrected chi connectivity index (χ2v) is 6.51. The van der Waals surface area contributed by atoms with Gasteiger partial charge in [0.1, 0.15) is 5.82 Å². The van der Waals surface area contributed by atoms with E-state index in [1.807, 2.05) is 20.8 Å². The van der Waals surface area contributed by atoms with E-state index in [2.05, 4.69) is 0 Å². The first-order valence-corrected chi connectivity index (χ1v) is 6.81. The van der Waals surface area contributed by atoms with E-state index < -0.39 is 11.7 Å². The van der Waals surface area contributed by atoms with Gasteiger partial charge in [-0.3, -0.25) is 14.5 Å². The quantitative estimate of drug-likeness (QED) is 0.739. The Morgan fingerprint density at radius 1 is 1.35 bits per heavy atom. The van der Waals surface area contributed by atoms with Gasteiger partial charge in [-0.15, -0.1) is 0 Å². The monoisotopic (exact) mass is 277 g/mol. The standard InChI is InChI=1S/C16H20FNO2/c1-10-6-5-7-12(14(10)17)15(20)18-9-11(8-13(18)19)16(2,3)4/h5-7,11H,8-9H2,1-4H3. The van der Waals surface area contributed by atoms with Crippen LogP contribution < -0.4 is 0 Å². The molecule has 3 nitrogen and oxygen atoms in total. The van der Waals surface area contributed by atoms with Crippen LogP contribution >= 0.6 is 0 Å². The Kier molecular flexibility index (Phi) is 3.67. The van der Waals surface area contributed by atoms with Crippen LogP contribution in [0.4, 0.5) is 4.39 Å². The molecule has 1 saturated heterocycles. The molecule has 1 aliphatic heterocycles. The predicted octanol–water partition coefficient (Wildman–Crippen LogP) is 3.17. The molecule has 1 aromatic rings. The van der Waals surface area contributed by atoms with Crippen LogP contribution in [0.25, 0.3) is 0 Å². The van der Waals surface area contributed by atoms with Gasteiger partial charge in [0.15, 0.2) is 0 Å². The Morgan fingerprint density at radius 2 is 2.00 bits per heavy atom. The second kappa shape index (κ2) is 5.00. The summed E-state index contributed by atoms with van der Waals surface area (Å²) < 4.78 is 14.0. The van der Waals surface area contributed by atoms with E-state index in [0.717, 1.165) is 0 Å². The second-order valence-electron chi connectivity index (χ2n) is 6.51. The molecule has 1 aliphatic rings. The first kappa shape index (κ1) is 14.7. The Hall–Kier alpha value is -1.71. The SMILES string of the molecule is Cc1cccc(C(=O)N2CC(C(C)(C)C)CC2=O)c1F. The van der Waals surface area contributed by atoms with Crippen molar-refractivity contribution in [3.63, 3.8) is 0 Å². The minimum absolute atomic E-state index is 0.0205. The molecule has 0 bridgehead atoms. The summed E-state index contributed by atoms with van der Waals surface area (Å²) in [4.78, 5) is 25.6. The Morgan fingerprint density at radius 3 is 2.55 bits per heavy atom. The van der Waals surface area contributed by atoms with Gasteiger partial charge in [-0.1, -0.05) is 32.9 Å². The van der Waals surface area contributed by atoms with Crippen molar-refractivity contribution < 1.29 is 14.0 Å². The van der Waals surface area contributed by atoms with E-state index in [1.54, 1.807) is 19.1 Å². The molecule has 1 aromatic carbocycles. The van der Waals surface area contributed by atoms with Gasteiger partial charge in [0, 0.05) is 13.0 Å². The number of imide groups is 1. The summed E-state index contributed by atoms with van der Waals surface area (Å²) in [5, 5.41) is 0. The van der Waals surface area contributed by atoms with Crippen molar-refractivity contribution in [2.75, 3.05) is 6.54 Å². The van der Waals surface area contributed by atoms with E-state index in [0.29, 0.717) is 18.5 Å². The minimum Gasteiger partial charge on any atom is -0.278 e. The average molecular weight is 277 g/mol. The van der Waals surface area contributed by atoms with Gasteiger partial charge in [-0.2, -0.15) is 0 Å². The van der Waals surface area contributed by atoms with Crippen molar-refractivity contribution in [3.05, 3.63) is 35.1 Å². The lowest BCUT2D eigenvalue weighted by Crippen LogP contribution is -2.34. The zero-order valence-electron chi connectivity index (χ0n) is 12.4. The zero-order valence-corrected chi connectivity index (χ0v) is 12.4. The molecule has 20 heavy (non-hydrogen) atoms. The van der Waals surface area contributed by atoms with Gasteiger partial charge in [0.25, 0.3) is 5.91 Å². The number of nitrogens with zero attached hydrogens (tertiary/aromatic N) is 1. The lowest BCUT2D eigenvalue weighted by Gasteiger charge is -2.26. The van der Waals surface area contributed by atoms with Crippen LogP contribution in [0.5, 0.6) is 0 Å². The average Bonchev–Trinajstić information content (AvgIpc) is 2.74. The van der Waals surface area contributed by atoms with E-state index in [-0.39, 0.29) is 22.8 Å².